The molecular formula is C19H10F3NO2. The second kappa shape index (κ2) is 5.44. The summed E-state index contributed by atoms with van der Waals surface area (Å²) in [6.07, 6.45) is -2.36. The maximum absolute atomic E-state index is 13.3. The van der Waals surface area contributed by atoms with Crippen molar-refractivity contribution >= 4 is 21.7 Å². The van der Waals surface area contributed by atoms with Gasteiger partial charge >= 0.3 is 6.18 Å². The third-order valence-corrected chi connectivity index (χ3v) is 4.03. The van der Waals surface area contributed by atoms with Crippen LogP contribution in [0.25, 0.3) is 33.0 Å². The number of aromatic nitrogens is 1. The summed E-state index contributed by atoms with van der Waals surface area (Å²) in [5, 5.41) is 1.67. The van der Waals surface area contributed by atoms with Crippen molar-refractivity contribution in [3.63, 3.8) is 0 Å². The number of pyridine rings is 1. The van der Waals surface area contributed by atoms with Crippen LogP contribution in [0.3, 0.4) is 0 Å². The van der Waals surface area contributed by atoms with Gasteiger partial charge in [0.25, 0.3) is 0 Å². The fourth-order valence-electron chi connectivity index (χ4n) is 2.91. The molecule has 0 radical (unpaired) electrons. The number of hydrogen-bond donors (Lipinski definition) is 0. The summed E-state index contributed by atoms with van der Waals surface area (Å²) in [4.78, 5) is 16.7. The van der Waals surface area contributed by atoms with Gasteiger partial charge in [-0.15, -0.1) is 0 Å². The quantitative estimate of drug-likeness (QED) is 0.456. The van der Waals surface area contributed by atoms with Crippen molar-refractivity contribution in [2.45, 2.75) is 6.18 Å². The fourth-order valence-corrected chi connectivity index (χ4v) is 2.91. The molecule has 0 spiro atoms. The van der Waals surface area contributed by atoms with Crippen LogP contribution in [0.2, 0.25) is 0 Å². The number of rotatable bonds is 1. The molecule has 6 heteroatoms. The molecule has 3 nitrogen and oxygen atoms in total. The molecule has 0 aliphatic heterocycles. The van der Waals surface area contributed by atoms with Crippen molar-refractivity contribution in [2.75, 3.05) is 0 Å². The lowest BCUT2D eigenvalue weighted by Gasteiger charge is -2.11. The Kier molecular flexibility index (Phi) is 3.35. The largest absolute Gasteiger partial charge is 0.463 e. The number of nitrogens with zero attached hydrogens (tertiary/aromatic N) is 1. The van der Waals surface area contributed by atoms with Crippen molar-refractivity contribution in [3.8, 4) is 11.3 Å². The van der Waals surface area contributed by atoms with E-state index < -0.39 is 22.9 Å². The molecule has 2 heterocycles. The van der Waals surface area contributed by atoms with Gasteiger partial charge in [-0.1, -0.05) is 30.3 Å². The number of fused-ring (bicyclic) bond motifs is 3. The molecule has 0 aliphatic rings. The highest BCUT2D eigenvalue weighted by Gasteiger charge is 2.35. The SMILES string of the molecule is O=c1c(-c2ncccc2C(F)(F)F)coc2ccc3ccccc3c12. The van der Waals surface area contributed by atoms with E-state index in [0.29, 0.717) is 11.0 Å². The van der Waals surface area contributed by atoms with E-state index in [9.17, 15) is 18.0 Å². The maximum Gasteiger partial charge on any atom is 0.418 e. The molecule has 0 amide bonds. The fraction of sp³-hybridized carbons (Fsp3) is 0.0526. The van der Waals surface area contributed by atoms with E-state index in [-0.39, 0.29) is 10.9 Å². The number of hydrogen-bond acceptors (Lipinski definition) is 3. The van der Waals surface area contributed by atoms with Gasteiger partial charge in [0.15, 0.2) is 0 Å². The molecule has 25 heavy (non-hydrogen) atoms. The molecule has 0 N–H and O–H groups in total. The van der Waals surface area contributed by atoms with Gasteiger partial charge in [-0.3, -0.25) is 9.78 Å². The molecular weight excluding hydrogens is 331 g/mol. The summed E-state index contributed by atoms with van der Waals surface area (Å²) in [5.74, 6) is 0. The van der Waals surface area contributed by atoms with Gasteiger partial charge in [-0.05, 0) is 29.0 Å². The minimum absolute atomic E-state index is 0.211. The van der Waals surface area contributed by atoms with Gasteiger partial charge in [-0.25, -0.2) is 0 Å². The molecule has 0 saturated heterocycles. The van der Waals surface area contributed by atoms with E-state index in [1.54, 1.807) is 24.3 Å². The van der Waals surface area contributed by atoms with Crippen LogP contribution in [0.5, 0.6) is 0 Å². The zero-order valence-electron chi connectivity index (χ0n) is 12.7. The van der Waals surface area contributed by atoms with Crippen LogP contribution in [-0.4, -0.2) is 4.98 Å². The molecule has 4 aromatic rings. The predicted molar refractivity (Wildman–Crippen MR) is 88.2 cm³/mol. The molecule has 2 aromatic heterocycles. The average molecular weight is 341 g/mol. The van der Waals surface area contributed by atoms with Crippen molar-refractivity contribution in [1.82, 2.24) is 4.98 Å². The number of benzene rings is 2. The van der Waals surface area contributed by atoms with Gasteiger partial charge in [0, 0.05) is 6.20 Å². The highest BCUT2D eigenvalue weighted by Crippen LogP contribution is 2.35. The predicted octanol–water partition coefficient (Wildman–Crippen LogP) is 5.03. The summed E-state index contributed by atoms with van der Waals surface area (Å²) in [5.41, 5.74) is -1.84. The molecule has 0 fully saturated rings. The van der Waals surface area contributed by atoms with Crippen LogP contribution >= 0.6 is 0 Å². The van der Waals surface area contributed by atoms with Crippen LogP contribution in [0.4, 0.5) is 13.2 Å². The lowest BCUT2D eigenvalue weighted by Crippen LogP contribution is -2.13. The molecule has 0 bridgehead atoms. The zero-order valence-corrected chi connectivity index (χ0v) is 12.7. The Labute approximate surface area is 139 Å². The van der Waals surface area contributed by atoms with E-state index >= 15 is 0 Å². The van der Waals surface area contributed by atoms with E-state index in [4.69, 9.17) is 4.42 Å². The topological polar surface area (TPSA) is 43.1 Å². The van der Waals surface area contributed by atoms with Gasteiger partial charge in [-0.2, -0.15) is 13.2 Å². The number of alkyl halides is 3. The maximum atomic E-state index is 13.3. The Morgan fingerprint density at radius 1 is 0.960 bits per heavy atom. The molecule has 4 rings (SSSR count). The molecule has 2 aromatic carbocycles. The van der Waals surface area contributed by atoms with Crippen molar-refractivity contribution < 1.29 is 17.6 Å². The van der Waals surface area contributed by atoms with Gasteiger partial charge in [0.1, 0.15) is 11.8 Å². The second-order valence-corrected chi connectivity index (χ2v) is 5.54. The van der Waals surface area contributed by atoms with Crippen molar-refractivity contribution in [1.29, 1.82) is 0 Å². The molecule has 124 valence electrons. The van der Waals surface area contributed by atoms with Crippen LogP contribution in [0, 0.1) is 0 Å². The van der Waals surface area contributed by atoms with Crippen LogP contribution in [-0.2, 0) is 6.18 Å². The normalized spacial score (nSPS) is 12.0. The highest BCUT2D eigenvalue weighted by molar-refractivity contribution is 6.06. The Morgan fingerprint density at radius 2 is 1.76 bits per heavy atom. The number of halogens is 3. The Hall–Kier alpha value is -3.15. The monoisotopic (exact) mass is 341 g/mol. The van der Waals surface area contributed by atoms with E-state index in [1.807, 2.05) is 12.1 Å². The van der Waals surface area contributed by atoms with E-state index in [0.717, 1.165) is 17.7 Å². The Balaban J connectivity index is 2.11. The minimum atomic E-state index is -4.62. The zero-order chi connectivity index (χ0) is 17.6. The first-order chi connectivity index (χ1) is 12.0. The highest BCUT2D eigenvalue weighted by atomic mass is 19.4. The molecule has 0 saturated carbocycles. The van der Waals surface area contributed by atoms with Crippen molar-refractivity contribution in [2.24, 2.45) is 0 Å². The first-order valence-corrected chi connectivity index (χ1v) is 7.42. The molecule has 0 unspecified atom stereocenters. The molecule has 0 aliphatic carbocycles. The van der Waals surface area contributed by atoms with Crippen molar-refractivity contribution in [3.05, 3.63) is 76.8 Å². The third kappa shape index (κ3) is 2.46. The Morgan fingerprint density at radius 3 is 2.56 bits per heavy atom. The minimum Gasteiger partial charge on any atom is -0.463 e. The lowest BCUT2D eigenvalue weighted by atomic mass is 10.0. The summed E-state index contributed by atoms with van der Waals surface area (Å²) in [6.45, 7) is 0. The second-order valence-electron chi connectivity index (χ2n) is 5.54. The standard InChI is InChI=1S/C19H10F3NO2/c20-19(21,22)14-6-3-9-23-17(14)13-10-25-15-8-7-11-4-1-2-5-12(11)16(15)18(13)24/h1-10H. The van der Waals surface area contributed by atoms with Crippen LogP contribution in [0.15, 0.2) is 70.2 Å². The average Bonchev–Trinajstić information content (AvgIpc) is 2.61. The van der Waals surface area contributed by atoms with Crippen LogP contribution < -0.4 is 5.43 Å². The lowest BCUT2D eigenvalue weighted by molar-refractivity contribution is -0.137. The smallest absolute Gasteiger partial charge is 0.418 e. The molecule has 0 atom stereocenters. The van der Waals surface area contributed by atoms with Gasteiger partial charge in [0.05, 0.1) is 22.2 Å². The summed E-state index contributed by atoms with van der Waals surface area (Å²) < 4.78 is 45.2. The summed E-state index contributed by atoms with van der Waals surface area (Å²) >= 11 is 0. The summed E-state index contributed by atoms with van der Waals surface area (Å²) in [7, 11) is 0. The summed E-state index contributed by atoms with van der Waals surface area (Å²) in [6, 6.07) is 12.6. The van der Waals surface area contributed by atoms with Gasteiger partial charge < -0.3 is 4.42 Å². The van der Waals surface area contributed by atoms with Gasteiger partial charge in [0.2, 0.25) is 5.43 Å². The Bertz CT molecular complexity index is 1160. The van der Waals surface area contributed by atoms with E-state index in [1.165, 1.54) is 12.3 Å². The van der Waals surface area contributed by atoms with E-state index in [2.05, 4.69) is 4.98 Å². The first-order valence-electron chi connectivity index (χ1n) is 7.42. The van der Waals surface area contributed by atoms with Crippen LogP contribution in [0.1, 0.15) is 5.56 Å². The third-order valence-electron chi connectivity index (χ3n) is 4.03. The first kappa shape index (κ1) is 15.4.